The van der Waals surface area contributed by atoms with Gasteiger partial charge in [0.15, 0.2) is 18.9 Å². The Kier molecular flexibility index (Phi) is 16.8. The van der Waals surface area contributed by atoms with Crippen molar-refractivity contribution >= 4 is 26.5 Å². The molecule has 290 valence electrons. The summed E-state index contributed by atoms with van der Waals surface area (Å²) in [5.41, 5.74) is 6.89. The summed E-state index contributed by atoms with van der Waals surface area (Å²) in [5.74, 6) is -0.244. The van der Waals surface area contributed by atoms with Gasteiger partial charge >= 0.3 is 7.60 Å². The zero-order valence-corrected chi connectivity index (χ0v) is 36.2. The van der Waals surface area contributed by atoms with Crippen molar-refractivity contribution in [3.63, 3.8) is 0 Å². The first-order valence-corrected chi connectivity index (χ1v) is 22.5. The van der Waals surface area contributed by atoms with Crippen LogP contribution in [0, 0.1) is 10.8 Å². The van der Waals surface area contributed by atoms with E-state index in [1.54, 1.807) is 20.3 Å². The van der Waals surface area contributed by atoms with Crippen molar-refractivity contribution in [2.24, 2.45) is 10.8 Å². The molecular formula is C44H62O7P2. The van der Waals surface area contributed by atoms with Crippen LogP contribution in [0.2, 0.25) is 0 Å². The number of hydrogen-bond donors (Lipinski definition) is 0. The molecule has 0 aromatic carbocycles. The molecule has 0 saturated carbocycles. The van der Waals surface area contributed by atoms with E-state index < -0.39 is 27.2 Å². The molecule has 0 aromatic rings. The SMILES string of the molecule is COP(C)(=O)OC1CC(C)(C)C(/C=C/C(C)=C/C=C/C(C)=C/C=C/C=C(C)/C=C/C=C(C)/C=C/C2=C(C)C(=O)C(OP(C)(C)=O)CC2(C)C)=C(C)C1=O. The Labute approximate surface area is 319 Å². The Morgan fingerprint density at radius 2 is 0.943 bits per heavy atom. The van der Waals surface area contributed by atoms with Gasteiger partial charge in [-0.25, -0.2) is 0 Å². The van der Waals surface area contributed by atoms with Gasteiger partial charge in [-0.15, -0.1) is 0 Å². The van der Waals surface area contributed by atoms with Crippen molar-refractivity contribution in [1.29, 1.82) is 0 Å². The van der Waals surface area contributed by atoms with Gasteiger partial charge in [0.2, 0.25) is 0 Å². The second-order valence-electron chi connectivity index (χ2n) is 15.8. The summed E-state index contributed by atoms with van der Waals surface area (Å²) >= 11 is 0. The average Bonchev–Trinajstić information content (AvgIpc) is 3.03. The minimum Gasteiger partial charge on any atom is -0.317 e. The molecule has 0 fully saturated rings. The lowest BCUT2D eigenvalue weighted by molar-refractivity contribution is -0.124. The average molecular weight is 765 g/mol. The Hall–Kier alpha value is -3.18. The first kappa shape index (κ1) is 46.0. The molecule has 3 atom stereocenters. The van der Waals surface area contributed by atoms with E-state index in [4.69, 9.17) is 13.6 Å². The van der Waals surface area contributed by atoms with Gasteiger partial charge in [-0.2, -0.15) is 0 Å². The summed E-state index contributed by atoms with van der Waals surface area (Å²) in [6.45, 7) is 24.5. The van der Waals surface area contributed by atoms with Crippen LogP contribution in [0.1, 0.15) is 82.1 Å². The second-order valence-corrected chi connectivity index (χ2v) is 20.6. The van der Waals surface area contributed by atoms with Gasteiger partial charge in [-0.1, -0.05) is 135 Å². The summed E-state index contributed by atoms with van der Waals surface area (Å²) in [5, 5.41) is 0. The van der Waals surface area contributed by atoms with Crippen molar-refractivity contribution in [2.75, 3.05) is 27.1 Å². The van der Waals surface area contributed by atoms with Crippen LogP contribution in [0.25, 0.3) is 0 Å². The van der Waals surface area contributed by atoms with Gasteiger partial charge in [0.1, 0.15) is 12.2 Å². The van der Waals surface area contributed by atoms with Gasteiger partial charge in [-0.05, 0) is 87.5 Å². The van der Waals surface area contributed by atoms with Crippen molar-refractivity contribution in [3.8, 4) is 0 Å². The van der Waals surface area contributed by atoms with E-state index in [0.29, 0.717) is 24.0 Å². The molecule has 7 nitrogen and oxygen atoms in total. The number of ketones is 2. The predicted molar refractivity (Wildman–Crippen MR) is 223 cm³/mol. The molecule has 0 saturated heterocycles. The lowest BCUT2D eigenvalue weighted by atomic mass is 9.71. The molecule has 0 spiro atoms. The minimum atomic E-state index is -3.28. The minimum absolute atomic E-state index is 0.0883. The third-order valence-electron chi connectivity index (χ3n) is 9.30. The molecule has 0 aliphatic heterocycles. The smallest absolute Gasteiger partial charge is 0.317 e. The molecule has 0 radical (unpaired) electrons. The number of allylic oxidation sites excluding steroid dienone is 20. The Balaban J connectivity index is 2.00. The maximum absolute atomic E-state index is 13.0. The largest absolute Gasteiger partial charge is 0.328 e. The summed E-state index contributed by atoms with van der Waals surface area (Å²) in [6.07, 6.45) is 27.8. The van der Waals surface area contributed by atoms with Crippen molar-refractivity contribution in [2.45, 2.75) is 94.3 Å². The van der Waals surface area contributed by atoms with E-state index in [9.17, 15) is 18.7 Å². The van der Waals surface area contributed by atoms with E-state index in [1.807, 2.05) is 120 Å². The number of hydrogen-bond acceptors (Lipinski definition) is 7. The van der Waals surface area contributed by atoms with Crippen LogP contribution < -0.4 is 0 Å². The van der Waals surface area contributed by atoms with Gasteiger partial charge < -0.3 is 9.05 Å². The lowest BCUT2D eigenvalue weighted by Crippen LogP contribution is -2.37. The number of carbonyl (C=O) groups excluding carboxylic acids is 2. The quantitative estimate of drug-likeness (QED) is 0.121. The zero-order chi connectivity index (χ0) is 40.4. The van der Waals surface area contributed by atoms with E-state index >= 15 is 0 Å². The maximum atomic E-state index is 13.0. The molecule has 0 heterocycles. The third kappa shape index (κ3) is 14.9. The molecule has 0 aromatic heterocycles. The third-order valence-corrected chi connectivity index (χ3v) is 11.4. The molecule has 9 heteroatoms. The fourth-order valence-corrected chi connectivity index (χ4v) is 7.82. The molecule has 0 bridgehead atoms. The summed E-state index contributed by atoms with van der Waals surface area (Å²) < 4.78 is 40.7. The van der Waals surface area contributed by atoms with Crippen molar-refractivity contribution < 1.29 is 32.3 Å². The van der Waals surface area contributed by atoms with Gasteiger partial charge in [0.25, 0.3) is 0 Å². The highest BCUT2D eigenvalue weighted by Gasteiger charge is 2.41. The van der Waals surface area contributed by atoms with Crippen molar-refractivity contribution in [3.05, 3.63) is 130 Å². The normalized spacial score (nSPS) is 24.0. The maximum Gasteiger partial charge on any atom is 0.328 e. The molecule has 0 amide bonds. The fraction of sp³-hybridized carbons (Fsp3) is 0.455. The van der Waals surface area contributed by atoms with Crippen molar-refractivity contribution in [1.82, 2.24) is 0 Å². The molecule has 53 heavy (non-hydrogen) atoms. The molecule has 2 aliphatic carbocycles. The molecule has 3 unspecified atom stereocenters. The van der Waals surface area contributed by atoms with Crippen LogP contribution in [0.5, 0.6) is 0 Å². The van der Waals surface area contributed by atoms with Crippen LogP contribution in [0.3, 0.4) is 0 Å². The number of rotatable bonds is 15. The van der Waals surface area contributed by atoms with E-state index in [-0.39, 0.29) is 22.4 Å². The van der Waals surface area contributed by atoms with Crippen LogP contribution in [-0.2, 0) is 32.3 Å². The molecular weight excluding hydrogens is 702 g/mol. The fourth-order valence-electron chi connectivity index (χ4n) is 6.32. The highest BCUT2D eigenvalue weighted by atomic mass is 31.2. The Morgan fingerprint density at radius 3 is 1.30 bits per heavy atom. The highest BCUT2D eigenvalue weighted by molar-refractivity contribution is 7.57. The van der Waals surface area contributed by atoms with Crippen LogP contribution in [0.15, 0.2) is 130 Å². The predicted octanol–water partition coefficient (Wildman–Crippen LogP) is 12.0. The monoisotopic (exact) mass is 764 g/mol. The summed E-state index contributed by atoms with van der Waals surface area (Å²) in [4.78, 5) is 25.9. The van der Waals surface area contributed by atoms with Crippen LogP contribution in [-0.4, -0.2) is 50.9 Å². The second kappa shape index (κ2) is 19.4. The summed E-state index contributed by atoms with van der Waals surface area (Å²) in [7, 11) is -4.73. The van der Waals surface area contributed by atoms with E-state index in [0.717, 1.165) is 33.4 Å². The van der Waals surface area contributed by atoms with Gasteiger partial charge in [0, 0.05) is 27.1 Å². The highest BCUT2D eigenvalue weighted by Crippen LogP contribution is 2.50. The first-order chi connectivity index (χ1) is 24.4. The summed E-state index contributed by atoms with van der Waals surface area (Å²) in [6, 6.07) is 0. The standard InChI is InChI=1S/C44H62O7P2/c1-31(21-17-23-33(3)25-27-37-35(5)41(45)39(29-43(37,7)8)50-52(12,13)47)19-15-16-20-32(2)22-18-24-34(4)26-28-38-36(6)42(46)40(30-44(38,9)10)51-53(14,48)49-11/h15-28,39-40H,29-30H2,1-14H3/b16-15+,21-17+,22-18+,27-25+,28-26+,31-19+,32-20+,33-23+,34-24+. The molecule has 0 N–H and O–H groups in total. The van der Waals surface area contributed by atoms with E-state index in [1.165, 1.54) is 13.8 Å². The number of carbonyl (C=O) groups is 2. The van der Waals surface area contributed by atoms with Crippen LogP contribution in [0.4, 0.5) is 0 Å². The Morgan fingerprint density at radius 1 is 0.604 bits per heavy atom. The van der Waals surface area contributed by atoms with E-state index in [2.05, 4.69) is 27.7 Å². The molecule has 2 aliphatic rings. The van der Waals surface area contributed by atoms with Crippen LogP contribution >= 0.6 is 15.0 Å². The molecule has 2 rings (SSSR count). The zero-order valence-electron chi connectivity index (χ0n) is 34.4. The van der Waals surface area contributed by atoms with Gasteiger partial charge in [-0.3, -0.25) is 23.2 Å². The topological polar surface area (TPSA) is 96.0 Å². The van der Waals surface area contributed by atoms with Gasteiger partial charge in [0.05, 0.1) is 0 Å². The lowest BCUT2D eigenvalue weighted by Gasteiger charge is -2.37. The number of Topliss-reactive ketones (excluding diaryl/α,β-unsaturated/α-hetero) is 2. The first-order valence-electron chi connectivity index (χ1n) is 18.0. The Bertz CT molecular complexity index is 1840.